The molecule has 51 heavy (non-hydrogen) atoms. The number of halogens is 1. The van der Waals surface area contributed by atoms with Crippen molar-refractivity contribution in [3.05, 3.63) is 135 Å². The second-order valence-electron chi connectivity index (χ2n) is 16.4. The quantitative estimate of drug-likeness (QED) is 0.169. The Morgan fingerprint density at radius 2 is 0.667 bits per heavy atom. The summed E-state index contributed by atoms with van der Waals surface area (Å²) >= 11 is 0. The highest BCUT2D eigenvalue weighted by Gasteiger charge is 2.10. The number of hydrogen-bond acceptors (Lipinski definition) is 1. The van der Waals surface area contributed by atoms with Gasteiger partial charge in [-0.2, -0.15) is 0 Å². The number of ether oxygens (including phenoxy) is 1. The van der Waals surface area contributed by atoms with Gasteiger partial charge in [-0.1, -0.05) is 184 Å². The lowest BCUT2D eigenvalue weighted by molar-refractivity contribution is 0.406. The third-order valence-electron chi connectivity index (χ3n) is 9.37. The van der Waals surface area contributed by atoms with Gasteiger partial charge in [-0.05, 0) is 104 Å². The fourth-order valence-electron chi connectivity index (χ4n) is 5.48. The maximum absolute atomic E-state index is 13.5. The minimum atomic E-state index is -0.0683. The molecular weight excluding hydrogens is 624 g/mol. The van der Waals surface area contributed by atoms with Crippen LogP contribution in [0, 0.1) is 5.82 Å². The number of rotatable bonds is 9. The maximum atomic E-state index is 13.5. The van der Waals surface area contributed by atoms with Crippen LogP contribution in [0.2, 0.25) is 0 Å². The Balaban J connectivity index is 0.000000341. The van der Waals surface area contributed by atoms with E-state index in [9.17, 15) is 4.39 Å². The van der Waals surface area contributed by atoms with Crippen molar-refractivity contribution >= 4 is 0 Å². The average molecular weight is 697 g/mol. The molecule has 0 radical (unpaired) electrons. The average Bonchev–Trinajstić information content (AvgIpc) is 3.08. The molecule has 4 aromatic rings. The van der Waals surface area contributed by atoms with Crippen LogP contribution in [-0.2, 0) is 0 Å². The van der Waals surface area contributed by atoms with Crippen molar-refractivity contribution in [1.82, 2.24) is 0 Å². The summed E-state index contributed by atoms with van der Waals surface area (Å²) in [6.07, 6.45) is 0. The molecule has 0 bridgehead atoms. The van der Waals surface area contributed by atoms with Crippen LogP contribution in [0.4, 0.5) is 4.39 Å². The standard InChI is InChI=1S/C13H20O.C12H17F.2C12H18/c1-9(2)11-6-7-12(10(3)4)13(8-11)14-5;1-8(2)10-5-6-11(9(3)4)12(13)7-10;1-9(2)11-5-7-12(8-6-11)10(3)4;1-9(2)11-6-5-7-12(8-11)10(3)4/h6-10H,1-5H3;5-9H,1-4H3;2*5-10H,1-4H3. The van der Waals surface area contributed by atoms with E-state index < -0.39 is 0 Å². The third kappa shape index (κ3) is 15.8. The van der Waals surface area contributed by atoms with Crippen LogP contribution in [0.1, 0.15) is 203 Å². The minimum Gasteiger partial charge on any atom is -0.496 e. The molecule has 0 heterocycles. The van der Waals surface area contributed by atoms with E-state index in [1.807, 2.05) is 26.0 Å². The number of methoxy groups -OCH3 is 1. The van der Waals surface area contributed by atoms with Gasteiger partial charge in [0.05, 0.1) is 7.11 Å². The fourth-order valence-corrected chi connectivity index (χ4v) is 5.48. The van der Waals surface area contributed by atoms with Crippen molar-refractivity contribution in [3.8, 4) is 5.75 Å². The molecule has 0 amide bonds. The van der Waals surface area contributed by atoms with Crippen LogP contribution < -0.4 is 4.74 Å². The molecule has 0 aliphatic rings. The van der Waals surface area contributed by atoms with Crippen molar-refractivity contribution in [2.24, 2.45) is 0 Å². The van der Waals surface area contributed by atoms with E-state index in [-0.39, 0.29) is 11.7 Å². The summed E-state index contributed by atoms with van der Waals surface area (Å²) in [5, 5.41) is 0. The Bertz CT molecular complexity index is 1490. The predicted octanol–water partition coefficient (Wildman–Crippen LogP) is 15.9. The van der Waals surface area contributed by atoms with Crippen LogP contribution in [-0.4, -0.2) is 7.11 Å². The zero-order valence-corrected chi connectivity index (χ0v) is 35.5. The van der Waals surface area contributed by atoms with Gasteiger partial charge in [0.2, 0.25) is 0 Å². The first-order valence-electron chi connectivity index (χ1n) is 19.5. The van der Waals surface area contributed by atoms with E-state index >= 15 is 0 Å². The molecule has 4 rings (SSSR count). The molecule has 0 aliphatic heterocycles. The van der Waals surface area contributed by atoms with Gasteiger partial charge in [-0.3, -0.25) is 0 Å². The van der Waals surface area contributed by atoms with Crippen LogP contribution in [0.3, 0.4) is 0 Å². The first kappa shape index (κ1) is 45.6. The molecule has 1 nitrogen and oxygen atoms in total. The van der Waals surface area contributed by atoms with Crippen LogP contribution >= 0.6 is 0 Å². The molecule has 0 atom stereocenters. The van der Waals surface area contributed by atoms with Crippen LogP contribution in [0.5, 0.6) is 5.75 Å². The molecule has 2 heteroatoms. The van der Waals surface area contributed by atoms with E-state index in [1.54, 1.807) is 13.2 Å². The predicted molar refractivity (Wildman–Crippen MR) is 225 cm³/mol. The Labute approximate surface area is 314 Å². The van der Waals surface area contributed by atoms with E-state index in [2.05, 4.69) is 164 Å². The summed E-state index contributed by atoms with van der Waals surface area (Å²) in [5.74, 6) is 5.27. The van der Waals surface area contributed by atoms with Gasteiger partial charge in [0.1, 0.15) is 11.6 Å². The van der Waals surface area contributed by atoms with E-state index in [1.165, 1.54) is 33.4 Å². The van der Waals surface area contributed by atoms with Gasteiger partial charge in [-0.15, -0.1) is 0 Å². The Hall–Kier alpha value is -3.39. The van der Waals surface area contributed by atoms with Gasteiger partial charge in [-0.25, -0.2) is 4.39 Å². The Morgan fingerprint density at radius 1 is 0.353 bits per heavy atom. The molecule has 0 aromatic heterocycles. The lowest BCUT2D eigenvalue weighted by atomic mass is 9.96. The first-order chi connectivity index (χ1) is 23.8. The summed E-state index contributed by atoms with van der Waals surface area (Å²) in [6.45, 7) is 34.8. The van der Waals surface area contributed by atoms with Crippen molar-refractivity contribution in [2.75, 3.05) is 7.11 Å². The molecular formula is C49H73FO. The molecule has 0 saturated heterocycles. The van der Waals surface area contributed by atoms with Gasteiger partial charge < -0.3 is 4.74 Å². The molecule has 0 unspecified atom stereocenters. The zero-order chi connectivity index (χ0) is 39.0. The summed E-state index contributed by atoms with van der Waals surface area (Å²) < 4.78 is 18.9. The van der Waals surface area contributed by atoms with Crippen molar-refractivity contribution < 1.29 is 9.13 Å². The molecule has 0 aliphatic carbocycles. The van der Waals surface area contributed by atoms with Crippen molar-refractivity contribution in [3.63, 3.8) is 0 Å². The summed E-state index contributed by atoms with van der Waals surface area (Å²) in [7, 11) is 1.74. The lowest BCUT2D eigenvalue weighted by Crippen LogP contribution is -1.96. The number of hydrogen-bond donors (Lipinski definition) is 0. The zero-order valence-electron chi connectivity index (χ0n) is 35.5. The highest BCUT2D eigenvalue weighted by Crippen LogP contribution is 2.30. The van der Waals surface area contributed by atoms with Crippen molar-refractivity contribution in [1.29, 1.82) is 0 Å². The number of benzene rings is 4. The summed E-state index contributed by atoms with van der Waals surface area (Å²) in [4.78, 5) is 0. The molecule has 4 aromatic carbocycles. The van der Waals surface area contributed by atoms with E-state index in [4.69, 9.17) is 4.74 Å². The van der Waals surface area contributed by atoms with Crippen LogP contribution in [0.15, 0.2) is 84.9 Å². The molecule has 0 saturated carbocycles. The van der Waals surface area contributed by atoms with Gasteiger partial charge in [0.15, 0.2) is 0 Å². The highest BCUT2D eigenvalue weighted by atomic mass is 19.1. The maximum Gasteiger partial charge on any atom is 0.126 e. The first-order valence-corrected chi connectivity index (χ1v) is 19.5. The van der Waals surface area contributed by atoms with Crippen LogP contribution in [0.25, 0.3) is 0 Å². The molecule has 0 fully saturated rings. The summed E-state index contributed by atoms with van der Waals surface area (Å²) in [5.41, 5.74) is 10.3. The van der Waals surface area contributed by atoms with Gasteiger partial charge in [0.25, 0.3) is 0 Å². The van der Waals surface area contributed by atoms with Crippen molar-refractivity contribution in [2.45, 2.75) is 158 Å². The topological polar surface area (TPSA) is 9.23 Å². The van der Waals surface area contributed by atoms with Gasteiger partial charge in [0, 0.05) is 0 Å². The second-order valence-corrected chi connectivity index (χ2v) is 16.4. The Morgan fingerprint density at radius 3 is 0.980 bits per heavy atom. The monoisotopic (exact) mass is 697 g/mol. The fraction of sp³-hybridized carbons (Fsp3) is 0.510. The molecule has 0 spiro atoms. The lowest BCUT2D eigenvalue weighted by Gasteiger charge is -2.14. The molecule has 0 N–H and O–H groups in total. The minimum absolute atomic E-state index is 0.0683. The normalized spacial score (nSPS) is 11.2. The third-order valence-corrected chi connectivity index (χ3v) is 9.37. The molecule has 282 valence electrons. The smallest absolute Gasteiger partial charge is 0.126 e. The second kappa shape index (κ2) is 22.5. The summed E-state index contributed by atoms with van der Waals surface area (Å²) in [6, 6.07) is 29.9. The highest BCUT2D eigenvalue weighted by molar-refractivity contribution is 5.40. The SMILES string of the molecule is CC(C)c1ccc(C(C)C)c(F)c1.CC(C)c1ccc(C(C)C)cc1.CC(C)c1cccc(C(C)C)c1.COc1cc(C(C)C)ccc1C(C)C. The Kier molecular flexibility index (Phi) is 20.2. The van der Waals surface area contributed by atoms with E-state index in [0.29, 0.717) is 41.4 Å². The largest absolute Gasteiger partial charge is 0.496 e. The van der Waals surface area contributed by atoms with Gasteiger partial charge >= 0.3 is 0 Å². The van der Waals surface area contributed by atoms with E-state index in [0.717, 1.165) is 16.9 Å².